The highest BCUT2D eigenvalue weighted by Gasteiger charge is 2.09. The molecule has 0 amide bonds. The Morgan fingerprint density at radius 3 is 2.46 bits per heavy atom. The van der Waals surface area contributed by atoms with Crippen LogP contribution in [0.15, 0.2) is 50.3 Å². The molecule has 2 nitrogen and oxygen atoms in total. The van der Waals surface area contributed by atoms with E-state index >= 15 is 0 Å². The second kappa shape index (κ2) is 9.85. The fourth-order valence-corrected chi connectivity index (χ4v) is 2.93. The SMILES string of the molecule is Cc1cc(OCC=C(Br)Br)cc(Cl)c1OCCc1ccc(Br)cc1. The first-order valence-electron chi connectivity index (χ1n) is 7.27. The summed E-state index contributed by atoms with van der Waals surface area (Å²) in [6, 6.07) is 11.9. The van der Waals surface area contributed by atoms with Crippen molar-refractivity contribution in [3.8, 4) is 11.5 Å². The summed E-state index contributed by atoms with van der Waals surface area (Å²) in [4.78, 5) is 0. The summed E-state index contributed by atoms with van der Waals surface area (Å²) in [6.07, 6.45) is 2.69. The number of ether oxygens (including phenoxy) is 2. The average molecular weight is 539 g/mol. The Labute approximate surface area is 172 Å². The van der Waals surface area contributed by atoms with E-state index in [0.717, 1.165) is 25.6 Å². The van der Waals surface area contributed by atoms with Gasteiger partial charge in [-0.25, -0.2) is 0 Å². The van der Waals surface area contributed by atoms with Crippen molar-refractivity contribution in [3.63, 3.8) is 0 Å². The summed E-state index contributed by atoms with van der Waals surface area (Å²) in [5.41, 5.74) is 2.18. The maximum Gasteiger partial charge on any atom is 0.141 e. The van der Waals surface area contributed by atoms with E-state index < -0.39 is 0 Å². The lowest BCUT2D eigenvalue weighted by Gasteiger charge is -2.13. The Morgan fingerprint density at radius 2 is 1.83 bits per heavy atom. The molecule has 0 unspecified atom stereocenters. The van der Waals surface area contributed by atoms with Gasteiger partial charge < -0.3 is 9.47 Å². The molecule has 2 aromatic carbocycles. The molecule has 0 aliphatic heterocycles. The monoisotopic (exact) mass is 536 g/mol. The number of rotatable bonds is 7. The fourth-order valence-electron chi connectivity index (χ4n) is 2.09. The fraction of sp³-hybridized carbons (Fsp3) is 0.222. The minimum atomic E-state index is 0.450. The number of hydrogen-bond donors (Lipinski definition) is 0. The molecule has 0 aromatic heterocycles. The summed E-state index contributed by atoms with van der Waals surface area (Å²) in [5.74, 6) is 1.42. The van der Waals surface area contributed by atoms with Gasteiger partial charge in [-0.05, 0) is 74.2 Å². The van der Waals surface area contributed by atoms with Gasteiger partial charge in [0.1, 0.15) is 18.1 Å². The molecule has 0 N–H and O–H groups in total. The van der Waals surface area contributed by atoms with Crippen molar-refractivity contribution >= 4 is 59.4 Å². The van der Waals surface area contributed by atoms with Crippen molar-refractivity contribution in [3.05, 3.63) is 66.5 Å². The minimum absolute atomic E-state index is 0.450. The molecule has 0 saturated carbocycles. The molecule has 0 bridgehead atoms. The third-order valence-corrected chi connectivity index (χ3v) is 4.70. The van der Waals surface area contributed by atoms with Crippen molar-refractivity contribution in [2.24, 2.45) is 0 Å². The lowest BCUT2D eigenvalue weighted by atomic mass is 10.1. The molecular formula is C18H16Br3ClO2. The molecule has 2 rings (SSSR count). The zero-order valence-corrected chi connectivity index (χ0v) is 18.5. The molecular weight excluding hydrogens is 523 g/mol. The Bertz CT molecular complexity index is 688. The summed E-state index contributed by atoms with van der Waals surface area (Å²) in [6.45, 7) is 2.98. The zero-order chi connectivity index (χ0) is 17.5. The largest absolute Gasteiger partial charge is 0.491 e. The van der Waals surface area contributed by atoms with E-state index in [9.17, 15) is 0 Å². The molecule has 0 saturated heterocycles. The van der Waals surface area contributed by atoms with Crippen LogP contribution in [-0.2, 0) is 6.42 Å². The van der Waals surface area contributed by atoms with Crippen LogP contribution in [0.1, 0.15) is 11.1 Å². The van der Waals surface area contributed by atoms with Crippen LogP contribution in [0.5, 0.6) is 11.5 Å². The van der Waals surface area contributed by atoms with E-state index in [1.165, 1.54) is 5.56 Å². The predicted molar refractivity (Wildman–Crippen MR) is 111 cm³/mol. The Hall–Kier alpha value is -0.490. The summed E-state index contributed by atoms with van der Waals surface area (Å²) in [7, 11) is 0. The molecule has 24 heavy (non-hydrogen) atoms. The molecule has 0 spiro atoms. The first kappa shape index (κ1) is 19.8. The van der Waals surface area contributed by atoms with Crippen molar-refractivity contribution in [1.82, 2.24) is 0 Å². The highest BCUT2D eigenvalue weighted by atomic mass is 79.9. The van der Waals surface area contributed by atoms with Gasteiger partial charge in [0.05, 0.1) is 15.0 Å². The summed E-state index contributed by atoms with van der Waals surface area (Å²) < 4.78 is 13.4. The molecule has 0 heterocycles. The first-order valence-corrected chi connectivity index (χ1v) is 10.0. The van der Waals surface area contributed by atoms with Gasteiger partial charge in [0.25, 0.3) is 0 Å². The number of benzene rings is 2. The highest BCUT2D eigenvalue weighted by molar-refractivity contribution is 9.28. The van der Waals surface area contributed by atoms with Crippen LogP contribution in [0, 0.1) is 6.92 Å². The van der Waals surface area contributed by atoms with Gasteiger partial charge in [-0.3, -0.25) is 0 Å². The van der Waals surface area contributed by atoms with Crippen molar-refractivity contribution in [2.45, 2.75) is 13.3 Å². The lowest BCUT2D eigenvalue weighted by molar-refractivity contribution is 0.318. The van der Waals surface area contributed by atoms with Gasteiger partial charge >= 0.3 is 0 Å². The van der Waals surface area contributed by atoms with E-state index in [-0.39, 0.29) is 0 Å². The lowest BCUT2D eigenvalue weighted by Crippen LogP contribution is -2.03. The van der Waals surface area contributed by atoms with Crippen molar-refractivity contribution in [2.75, 3.05) is 13.2 Å². The molecule has 0 aliphatic rings. The van der Waals surface area contributed by atoms with E-state index in [2.05, 4.69) is 59.9 Å². The highest BCUT2D eigenvalue weighted by Crippen LogP contribution is 2.33. The van der Waals surface area contributed by atoms with Crippen LogP contribution >= 0.6 is 59.4 Å². The molecule has 0 fully saturated rings. The Kier molecular flexibility index (Phi) is 8.14. The molecule has 0 radical (unpaired) electrons. The van der Waals surface area contributed by atoms with E-state index in [1.54, 1.807) is 6.07 Å². The molecule has 128 valence electrons. The average Bonchev–Trinajstić information content (AvgIpc) is 2.51. The number of aryl methyl sites for hydroxylation is 1. The summed E-state index contributed by atoms with van der Waals surface area (Å²) >= 11 is 16.3. The first-order chi connectivity index (χ1) is 11.5. The van der Waals surface area contributed by atoms with Crippen LogP contribution < -0.4 is 9.47 Å². The van der Waals surface area contributed by atoms with Gasteiger partial charge in [-0.15, -0.1) is 0 Å². The standard InChI is InChI=1S/C18H16Br3ClO2/c1-12-10-15(23-9-7-17(20)21)11-16(22)18(12)24-8-6-13-2-4-14(19)5-3-13/h2-5,7,10-11H,6,8-9H2,1H3. The topological polar surface area (TPSA) is 18.5 Å². The second-order valence-electron chi connectivity index (χ2n) is 5.08. The van der Waals surface area contributed by atoms with Gasteiger partial charge in [0.15, 0.2) is 0 Å². The Balaban J connectivity index is 1.95. The zero-order valence-electron chi connectivity index (χ0n) is 13.0. The van der Waals surface area contributed by atoms with Crippen LogP contribution in [0.2, 0.25) is 5.02 Å². The van der Waals surface area contributed by atoms with Crippen LogP contribution in [0.25, 0.3) is 0 Å². The van der Waals surface area contributed by atoms with Gasteiger partial charge in [0, 0.05) is 17.0 Å². The maximum atomic E-state index is 6.33. The summed E-state index contributed by atoms with van der Waals surface area (Å²) in [5, 5.41) is 0.558. The number of hydrogen-bond acceptors (Lipinski definition) is 2. The minimum Gasteiger partial charge on any atom is -0.491 e. The third-order valence-electron chi connectivity index (χ3n) is 3.24. The molecule has 0 atom stereocenters. The normalized spacial score (nSPS) is 10.4. The van der Waals surface area contributed by atoms with E-state index in [1.807, 2.05) is 31.2 Å². The molecule has 0 aliphatic carbocycles. The van der Waals surface area contributed by atoms with Crippen LogP contribution in [-0.4, -0.2) is 13.2 Å². The van der Waals surface area contributed by atoms with Gasteiger partial charge in [-0.2, -0.15) is 0 Å². The maximum absolute atomic E-state index is 6.33. The van der Waals surface area contributed by atoms with Gasteiger partial charge in [-0.1, -0.05) is 39.7 Å². The predicted octanol–water partition coefficient (Wildman–Crippen LogP) is 7.04. The van der Waals surface area contributed by atoms with Gasteiger partial charge in [0.2, 0.25) is 0 Å². The van der Waals surface area contributed by atoms with E-state index in [0.29, 0.717) is 24.0 Å². The van der Waals surface area contributed by atoms with E-state index in [4.69, 9.17) is 21.1 Å². The van der Waals surface area contributed by atoms with Crippen molar-refractivity contribution < 1.29 is 9.47 Å². The second-order valence-corrected chi connectivity index (χ2v) is 9.18. The quantitative estimate of drug-likeness (QED) is 0.376. The smallest absolute Gasteiger partial charge is 0.141 e. The van der Waals surface area contributed by atoms with Crippen molar-refractivity contribution in [1.29, 1.82) is 0 Å². The van der Waals surface area contributed by atoms with Crippen LogP contribution in [0.3, 0.4) is 0 Å². The molecule has 2 aromatic rings. The number of halogens is 4. The Morgan fingerprint density at radius 1 is 1.12 bits per heavy atom. The third kappa shape index (κ3) is 6.43. The van der Waals surface area contributed by atoms with Crippen LogP contribution in [0.4, 0.5) is 0 Å². The molecule has 6 heteroatoms.